The van der Waals surface area contributed by atoms with E-state index in [1.165, 1.54) is 50.1 Å². The van der Waals surface area contributed by atoms with E-state index >= 15 is 0 Å². The molecule has 0 bridgehead atoms. The molecule has 0 atom stereocenters. The van der Waals surface area contributed by atoms with Crippen molar-refractivity contribution in [1.82, 2.24) is 0 Å². The fraction of sp³-hybridized carbons (Fsp3) is 0.400. The molecule has 0 heterocycles. The van der Waals surface area contributed by atoms with Gasteiger partial charge in [0.25, 0.3) is 0 Å². The predicted octanol–water partition coefficient (Wildman–Crippen LogP) is 7.79. The van der Waals surface area contributed by atoms with Gasteiger partial charge < -0.3 is 14.7 Å². The first-order valence-electron chi connectivity index (χ1n) is 12.0. The number of benzene rings is 3. The molecule has 0 radical (unpaired) electrons. The lowest BCUT2D eigenvalue weighted by Gasteiger charge is -2.02. The lowest BCUT2D eigenvalue weighted by molar-refractivity contribution is 0.368. The van der Waals surface area contributed by atoms with E-state index in [0.717, 1.165) is 19.3 Å². The Morgan fingerprint density at radius 1 is 0.471 bits per heavy atom. The molecule has 0 aliphatic heterocycles. The molecule has 188 valence electrons. The van der Waals surface area contributed by atoms with Crippen molar-refractivity contribution in [3.8, 4) is 0 Å². The number of aryl methyl sites for hydroxylation is 9. The van der Waals surface area contributed by atoms with E-state index in [-0.39, 0.29) is 0 Å². The van der Waals surface area contributed by atoms with Crippen molar-refractivity contribution in [3.05, 3.63) is 105 Å². The number of hydrogen-bond donors (Lipinski definition) is 3. The zero-order chi connectivity index (χ0) is 26.3. The zero-order valence-corrected chi connectivity index (χ0v) is 23.5. The molecular formula is C30H45O3P. The van der Waals surface area contributed by atoms with Crippen LogP contribution in [-0.2, 0) is 19.3 Å². The summed E-state index contributed by atoms with van der Waals surface area (Å²) in [4.78, 5) is 21.7. The largest absolute Gasteiger partial charge is 0.328 e. The van der Waals surface area contributed by atoms with Crippen LogP contribution in [0.2, 0.25) is 0 Å². The van der Waals surface area contributed by atoms with Gasteiger partial charge >= 0.3 is 8.60 Å². The molecule has 0 saturated heterocycles. The third kappa shape index (κ3) is 13.6. The molecule has 3 nitrogen and oxygen atoms in total. The molecule has 0 aliphatic rings. The minimum absolute atomic E-state index is 1.14. The van der Waals surface area contributed by atoms with Crippen LogP contribution in [0.15, 0.2) is 54.6 Å². The standard InChI is InChI=1S/3C10H14.H3O3P/c3*1-4-10-6-5-8(2)7-9(10)3;1-4(2)3/h3*5-7H,4H2,1-3H3;1-3H. The van der Waals surface area contributed by atoms with Crippen molar-refractivity contribution < 1.29 is 14.7 Å². The lowest BCUT2D eigenvalue weighted by Crippen LogP contribution is -1.85. The quantitative estimate of drug-likeness (QED) is 0.333. The van der Waals surface area contributed by atoms with E-state index in [9.17, 15) is 0 Å². The second kappa shape index (κ2) is 17.4. The van der Waals surface area contributed by atoms with Crippen LogP contribution in [0, 0.1) is 41.5 Å². The first kappa shape index (κ1) is 32.0. The van der Waals surface area contributed by atoms with E-state index in [1.807, 2.05) is 0 Å². The first-order chi connectivity index (χ1) is 15.9. The molecule has 0 aliphatic carbocycles. The summed E-state index contributed by atoms with van der Waals surface area (Å²) >= 11 is 0. The molecule has 0 unspecified atom stereocenters. The predicted molar refractivity (Wildman–Crippen MR) is 149 cm³/mol. The van der Waals surface area contributed by atoms with Gasteiger partial charge in [0.05, 0.1) is 0 Å². The van der Waals surface area contributed by atoms with Gasteiger partial charge in [-0.1, -0.05) is 92.1 Å². The Morgan fingerprint density at radius 3 is 0.824 bits per heavy atom. The Balaban J connectivity index is 0.000000445. The molecule has 3 aromatic carbocycles. The van der Waals surface area contributed by atoms with Crippen LogP contribution in [0.3, 0.4) is 0 Å². The van der Waals surface area contributed by atoms with E-state index < -0.39 is 8.60 Å². The maximum Gasteiger partial charge on any atom is 0.324 e. The summed E-state index contributed by atoms with van der Waals surface area (Å²) < 4.78 is 0. The third-order valence-corrected chi connectivity index (χ3v) is 5.64. The van der Waals surface area contributed by atoms with Crippen LogP contribution in [-0.4, -0.2) is 14.7 Å². The van der Waals surface area contributed by atoms with Crippen molar-refractivity contribution in [1.29, 1.82) is 0 Å². The Hall–Kier alpha value is -2.03. The van der Waals surface area contributed by atoms with Gasteiger partial charge in [-0.15, -0.1) is 0 Å². The molecule has 0 aromatic heterocycles. The van der Waals surface area contributed by atoms with Crippen molar-refractivity contribution in [3.63, 3.8) is 0 Å². The lowest BCUT2D eigenvalue weighted by atomic mass is 10.0. The molecule has 0 amide bonds. The maximum atomic E-state index is 7.23. The third-order valence-electron chi connectivity index (χ3n) is 5.64. The summed E-state index contributed by atoms with van der Waals surface area (Å²) in [6, 6.07) is 19.9. The average Bonchev–Trinajstić information content (AvgIpc) is 2.74. The first-order valence-corrected chi connectivity index (χ1v) is 13.2. The molecule has 0 fully saturated rings. The topological polar surface area (TPSA) is 60.7 Å². The Kier molecular flexibility index (Phi) is 16.4. The highest BCUT2D eigenvalue weighted by Gasteiger charge is 1.95. The van der Waals surface area contributed by atoms with E-state index in [4.69, 9.17) is 14.7 Å². The summed E-state index contributed by atoms with van der Waals surface area (Å²) in [5, 5.41) is 0. The van der Waals surface area contributed by atoms with E-state index in [2.05, 4.69) is 117 Å². The van der Waals surface area contributed by atoms with Crippen LogP contribution in [0.1, 0.15) is 70.8 Å². The fourth-order valence-corrected chi connectivity index (χ4v) is 3.73. The summed E-state index contributed by atoms with van der Waals surface area (Å²) in [5.74, 6) is 0. The summed E-state index contributed by atoms with van der Waals surface area (Å²) in [6.45, 7) is 19.5. The Morgan fingerprint density at radius 2 is 0.676 bits per heavy atom. The monoisotopic (exact) mass is 484 g/mol. The van der Waals surface area contributed by atoms with Gasteiger partial charge in [-0.3, -0.25) is 0 Å². The summed E-state index contributed by atoms with van der Waals surface area (Å²) in [7, 11) is -2.62. The average molecular weight is 485 g/mol. The van der Waals surface area contributed by atoms with Crippen LogP contribution >= 0.6 is 8.60 Å². The molecule has 0 spiro atoms. The molecule has 3 N–H and O–H groups in total. The summed E-state index contributed by atoms with van der Waals surface area (Å²) in [6.07, 6.45) is 3.43. The van der Waals surface area contributed by atoms with Crippen molar-refractivity contribution in [2.24, 2.45) is 0 Å². The van der Waals surface area contributed by atoms with E-state index in [0.29, 0.717) is 0 Å². The van der Waals surface area contributed by atoms with Gasteiger partial charge in [-0.25, -0.2) is 0 Å². The molecule has 34 heavy (non-hydrogen) atoms. The number of rotatable bonds is 3. The molecular weight excluding hydrogens is 439 g/mol. The van der Waals surface area contributed by atoms with Crippen LogP contribution in [0.25, 0.3) is 0 Å². The van der Waals surface area contributed by atoms with Gasteiger partial charge in [-0.05, 0) is 94.2 Å². The van der Waals surface area contributed by atoms with Crippen LogP contribution < -0.4 is 0 Å². The Labute approximate surface area is 209 Å². The van der Waals surface area contributed by atoms with Crippen molar-refractivity contribution in [2.45, 2.75) is 81.6 Å². The van der Waals surface area contributed by atoms with Crippen LogP contribution in [0.5, 0.6) is 0 Å². The second-order valence-corrected chi connectivity index (χ2v) is 9.16. The van der Waals surface area contributed by atoms with Crippen LogP contribution in [0.4, 0.5) is 0 Å². The van der Waals surface area contributed by atoms with E-state index in [1.54, 1.807) is 0 Å². The highest BCUT2D eigenvalue weighted by Crippen LogP contribution is 2.12. The smallest absolute Gasteiger partial charge is 0.324 e. The second-order valence-electron chi connectivity index (χ2n) is 8.62. The zero-order valence-electron chi connectivity index (χ0n) is 22.6. The van der Waals surface area contributed by atoms with Gasteiger partial charge in [-0.2, -0.15) is 0 Å². The van der Waals surface area contributed by atoms with Gasteiger partial charge in [0.1, 0.15) is 0 Å². The van der Waals surface area contributed by atoms with Gasteiger partial charge in [0, 0.05) is 0 Å². The highest BCUT2D eigenvalue weighted by atomic mass is 31.2. The molecule has 3 rings (SSSR count). The normalized spacial score (nSPS) is 9.79. The molecule has 0 saturated carbocycles. The number of hydrogen-bond acceptors (Lipinski definition) is 3. The maximum absolute atomic E-state index is 7.23. The molecule has 4 heteroatoms. The minimum atomic E-state index is -2.62. The van der Waals surface area contributed by atoms with Gasteiger partial charge in [0.2, 0.25) is 0 Å². The van der Waals surface area contributed by atoms with Gasteiger partial charge in [0.15, 0.2) is 0 Å². The van der Waals surface area contributed by atoms with Crippen molar-refractivity contribution >= 4 is 8.60 Å². The fourth-order valence-electron chi connectivity index (χ4n) is 3.73. The highest BCUT2D eigenvalue weighted by molar-refractivity contribution is 7.38. The molecule has 3 aromatic rings. The SMILES string of the molecule is CCc1ccc(C)cc1C.CCc1ccc(C)cc1C.CCc1ccc(C)cc1C.OP(O)O. The minimum Gasteiger partial charge on any atom is -0.328 e. The summed E-state index contributed by atoms with van der Waals surface area (Å²) in [5.41, 5.74) is 12.7. The Bertz CT molecular complexity index is 856. The van der Waals surface area contributed by atoms with Crippen molar-refractivity contribution in [2.75, 3.05) is 0 Å².